The Morgan fingerprint density at radius 2 is 2.05 bits per heavy atom. The lowest BCUT2D eigenvalue weighted by Gasteiger charge is -2.05. The monoisotopic (exact) mass is 295 g/mol. The second-order valence-corrected chi connectivity index (χ2v) is 6.65. The number of hydrogen-bond donors (Lipinski definition) is 3. The number of rotatable bonds is 7. The summed E-state index contributed by atoms with van der Waals surface area (Å²) in [5, 5.41) is 0.667. The fourth-order valence-corrected chi connectivity index (χ4v) is 3.43. The Hall–Kier alpha value is -1.53. The number of H-pyrrole nitrogens is 1. The van der Waals surface area contributed by atoms with E-state index < -0.39 is 10.0 Å². The zero-order chi connectivity index (χ0) is 14.6. The van der Waals surface area contributed by atoms with Crippen molar-refractivity contribution in [3.63, 3.8) is 0 Å². The molecule has 0 unspecified atom stereocenters. The summed E-state index contributed by atoms with van der Waals surface area (Å²) < 4.78 is 27.2. The molecule has 0 bridgehead atoms. The molecule has 2 rings (SSSR count). The summed E-state index contributed by atoms with van der Waals surface area (Å²) in [6, 6.07) is 5.17. The Kier molecular flexibility index (Phi) is 4.67. The van der Waals surface area contributed by atoms with Crippen LogP contribution < -0.4 is 10.5 Å². The first-order chi connectivity index (χ1) is 9.54. The fourth-order valence-electron chi connectivity index (χ4n) is 2.18. The largest absolute Gasteiger partial charge is 0.399 e. The number of fused-ring (bicyclic) bond motifs is 1. The van der Waals surface area contributed by atoms with Gasteiger partial charge in [0.1, 0.15) is 4.90 Å². The van der Waals surface area contributed by atoms with Gasteiger partial charge in [0.05, 0.1) is 0 Å². The zero-order valence-corrected chi connectivity index (χ0v) is 12.5. The second-order valence-electron chi connectivity index (χ2n) is 4.92. The summed E-state index contributed by atoms with van der Waals surface area (Å²) in [5.41, 5.74) is 7.02. The number of hydrogen-bond acceptors (Lipinski definition) is 3. The second kappa shape index (κ2) is 6.28. The standard InChI is InChI=1S/C14H21N3O2S/c1-2-3-4-5-8-17-20(18,19)14-10-16-13-9-11(15)6-7-12(13)14/h6-7,9-10,16-17H,2-5,8,15H2,1H3. The molecule has 0 saturated carbocycles. The molecule has 6 heteroatoms. The fraction of sp³-hybridized carbons (Fsp3) is 0.429. The van der Waals surface area contributed by atoms with Crippen LogP contribution in [0, 0.1) is 0 Å². The van der Waals surface area contributed by atoms with E-state index in [0.717, 1.165) is 31.2 Å². The van der Waals surface area contributed by atoms with E-state index in [1.54, 1.807) is 18.2 Å². The van der Waals surface area contributed by atoms with Crippen LogP contribution in [0.5, 0.6) is 0 Å². The van der Waals surface area contributed by atoms with Crippen molar-refractivity contribution in [3.05, 3.63) is 24.4 Å². The van der Waals surface area contributed by atoms with Crippen molar-refractivity contribution in [2.45, 2.75) is 37.5 Å². The number of aromatic nitrogens is 1. The van der Waals surface area contributed by atoms with Crippen LogP contribution in [0.4, 0.5) is 5.69 Å². The van der Waals surface area contributed by atoms with Gasteiger partial charge in [0.2, 0.25) is 10.0 Å². The van der Waals surface area contributed by atoms with Crippen LogP contribution in [0.15, 0.2) is 29.3 Å². The molecule has 5 nitrogen and oxygen atoms in total. The maximum Gasteiger partial charge on any atom is 0.242 e. The Morgan fingerprint density at radius 1 is 1.25 bits per heavy atom. The lowest BCUT2D eigenvalue weighted by molar-refractivity contribution is 0.574. The van der Waals surface area contributed by atoms with E-state index in [9.17, 15) is 8.42 Å². The summed E-state index contributed by atoms with van der Waals surface area (Å²) in [6.45, 7) is 2.60. The van der Waals surface area contributed by atoms with Crippen molar-refractivity contribution in [1.82, 2.24) is 9.71 Å². The van der Waals surface area contributed by atoms with Gasteiger partial charge in [0, 0.05) is 29.3 Å². The van der Waals surface area contributed by atoms with Gasteiger partial charge in [0.15, 0.2) is 0 Å². The van der Waals surface area contributed by atoms with Crippen molar-refractivity contribution in [2.75, 3.05) is 12.3 Å². The van der Waals surface area contributed by atoms with E-state index in [2.05, 4.69) is 16.6 Å². The predicted octanol–water partition coefficient (Wildman–Crippen LogP) is 2.61. The molecule has 20 heavy (non-hydrogen) atoms. The van der Waals surface area contributed by atoms with E-state index in [1.807, 2.05) is 0 Å². The van der Waals surface area contributed by atoms with Gasteiger partial charge < -0.3 is 10.7 Å². The van der Waals surface area contributed by atoms with E-state index >= 15 is 0 Å². The topological polar surface area (TPSA) is 88.0 Å². The normalized spacial score (nSPS) is 12.1. The molecule has 110 valence electrons. The van der Waals surface area contributed by atoms with Crippen LogP contribution in [0.3, 0.4) is 0 Å². The lowest BCUT2D eigenvalue weighted by atomic mass is 10.2. The Morgan fingerprint density at radius 3 is 2.80 bits per heavy atom. The summed E-state index contributed by atoms with van der Waals surface area (Å²) in [7, 11) is -3.47. The van der Waals surface area contributed by atoms with Gasteiger partial charge in [-0.1, -0.05) is 26.2 Å². The maximum absolute atomic E-state index is 12.3. The Balaban J connectivity index is 2.11. The van der Waals surface area contributed by atoms with Crippen LogP contribution in [-0.2, 0) is 10.0 Å². The van der Waals surface area contributed by atoms with Crippen LogP contribution in [0.2, 0.25) is 0 Å². The maximum atomic E-state index is 12.3. The number of benzene rings is 1. The molecule has 0 spiro atoms. The molecular weight excluding hydrogens is 274 g/mol. The summed E-state index contributed by atoms with van der Waals surface area (Å²) in [4.78, 5) is 3.23. The Labute approximate surface area is 119 Å². The quantitative estimate of drug-likeness (QED) is 0.542. The molecule has 0 aliphatic rings. The van der Waals surface area contributed by atoms with Gasteiger partial charge in [-0.2, -0.15) is 0 Å². The molecule has 0 fully saturated rings. The molecule has 4 N–H and O–H groups in total. The summed E-state index contributed by atoms with van der Waals surface area (Å²) in [6.07, 6.45) is 5.69. The highest BCUT2D eigenvalue weighted by molar-refractivity contribution is 7.89. The van der Waals surface area contributed by atoms with E-state index in [1.165, 1.54) is 6.20 Å². The van der Waals surface area contributed by atoms with E-state index in [-0.39, 0.29) is 4.90 Å². The average molecular weight is 295 g/mol. The van der Waals surface area contributed by atoms with Crippen molar-refractivity contribution in [3.8, 4) is 0 Å². The first-order valence-corrected chi connectivity index (χ1v) is 8.39. The molecule has 0 amide bonds. The van der Waals surface area contributed by atoms with Gasteiger partial charge in [-0.25, -0.2) is 13.1 Å². The lowest BCUT2D eigenvalue weighted by Crippen LogP contribution is -2.24. The molecule has 0 atom stereocenters. The van der Waals surface area contributed by atoms with Gasteiger partial charge >= 0.3 is 0 Å². The molecule has 2 aromatic rings. The third kappa shape index (κ3) is 3.32. The number of nitrogens with two attached hydrogens (primary N) is 1. The minimum Gasteiger partial charge on any atom is -0.399 e. The van der Waals surface area contributed by atoms with Crippen LogP contribution in [-0.4, -0.2) is 19.9 Å². The number of sulfonamides is 1. The van der Waals surface area contributed by atoms with E-state index in [0.29, 0.717) is 17.6 Å². The average Bonchev–Trinajstić information content (AvgIpc) is 2.82. The van der Waals surface area contributed by atoms with Crippen molar-refractivity contribution >= 4 is 26.6 Å². The first-order valence-electron chi connectivity index (χ1n) is 6.91. The van der Waals surface area contributed by atoms with Gasteiger partial charge in [-0.05, 0) is 24.6 Å². The van der Waals surface area contributed by atoms with Crippen LogP contribution in [0.25, 0.3) is 10.9 Å². The number of aromatic amines is 1. The zero-order valence-electron chi connectivity index (χ0n) is 11.6. The van der Waals surface area contributed by atoms with Crippen LogP contribution in [0.1, 0.15) is 32.6 Å². The number of unbranched alkanes of at least 4 members (excludes halogenated alkanes) is 3. The minimum atomic E-state index is -3.47. The third-order valence-corrected chi connectivity index (χ3v) is 4.78. The number of anilines is 1. The molecule has 0 saturated heterocycles. The summed E-state index contributed by atoms with van der Waals surface area (Å²) in [5.74, 6) is 0. The first kappa shape index (κ1) is 14.9. The third-order valence-electron chi connectivity index (χ3n) is 3.28. The molecule has 0 aliphatic carbocycles. The smallest absolute Gasteiger partial charge is 0.242 e. The highest BCUT2D eigenvalue weighted by Crippen LogP contribution is 2.24. The van der Waals surface area contributed by atoms with E-state index in [4.69, 9.17) is 5.73 Å². The van der Waals surface area contributed by atoms with Gasteiger partial charge in [0.25, 0.3) is 0 Å². The molecule has 1 heterocycles. The van der Waals surface area contributed by atoms with Crippen molar-refractivity contribution in [1.29, 1.82) is 0 Å². The molecule has 1 aromatic heterocycles. The predicted molar refractivity (Wildman–Crippen MR) is 82.0 cm³/mol. The van der Waals surface area contributed by atoms with Crippen molar-refractivity contribution < 1.29 is 8.42 Å². The Bertz CT molecular complexity index is 677. The number of nitrogen functional groups attached to an aromatic ring is 1. The van der Waals surface area contributed by atoms with Gasteiger partial charge in [-0.3, -0.25) is 0 Å². The molecular formula is C14H21N3O2S. The molecule has 0 aliphatic heterocycles. The minimum absolute atomic E-state index is 0.281. The molecule has 0 radical (unpaired) electrons. The SMILES string of the molecule is CCCCCCNS(=O)(=O)c1c[nH]c2cc(N)ccc12. The molecule has 1 aromatic carbocycles. The van der Waals surface area contributed by atoms with Crippen LogP contribution >= 0.6 is 0 Å². The number of nitrogens with one attached hydrogen (secondary N) is 2. The summed E-state index contributed by atoms with van der Waals surface area (Å²) >= 11 is 0. The highest BCUT2D eigenvalue weighted by Gasteiger charge is 2.18. The van der Waals surface area contributed by atoms with Gasteiger partial charge in [-0.15, -0.1) is 0 Å². The van der Waals surface area contributed by atoms with Crippen molar-refractivity contribution in [2.24, 2.45) is 0 Å². The highest BCUT2D eigenvalue weighted by atomic mass is 32.2.